The molecule has 4 fully saturated rings. The highest BCUT2D eigenvalue weighted by Crippen LogP contribution is 2.57. The third-order valence-corrected chi connectivity index (χ3v) is 4.25. The SMILES string of the molecule is CCOC1C2CC3CC(CC31)C2=O. The molecule has 2 nitrogen and oxygen atoms in total. The molecule has 0 heterocycles. The second-order valence-corrected chi connectivity index (χ2v) is 4.76. The molecule has 4 aliphatic carbocycles. The average Bonchev–Trinajstić information content (AvgIpc) is 2.57. The van der Waals surface area contributed by atoms with Gasteiger partial charge in [0.25, 0.3) is 0 Å². The van der Waals surface area contributed by atoms with E-state index < -0.39 is 0 Å². The highest BCUT2D eigenvalue weighted by atomic mass is 16.5. The van der Waals surface area contributed by atoms with Crippen molar-refractivity contribution in [2.75, 3.05) is 6.61 Å². The fourth-order valence-electron chi connectivity index (χ4n) is 3.83. The molecule has 0 aromatic heterocycles. The van der Waals surface area contributed by atoms with Gasteiger partial charge in [0.05, 0.1) is 6.10 Å². The summed E-state index contributed by atoms with van der Waals surface area (Å²) in [5.41, 5.74) is 0. The first-order valence-electron chi connectivity index (χ1n) is 5.46. The van der Waals surface area contributed by atoms with Gasteiger partial charge in [0.2, 0.25) is 0 Å². The van der Waals surface area contributed by atoms with E-state index in [1.165, 1.54) is 6.42 Å². The van der Waals surface area contributed by atoms with Crippen LogP contribution in [0.2, 0.25) is 0 Å². The third kappa shape index (κ3) is 0.899. The van der Waals surface area contributed by atoms with Crippen molar-refractivity contribution in [1.82, 2.24) is 0 Å². The zero-order valence-corrected chi connectivity index (χ0v) is 8.03. The number of carbonyl (C=O) groups excluding carboxylic acids is 1. The monoisotopic (exact) mass is 180 g/mol. The van der Waals surface area contributed by atoms with Crippen molar-refractivity contribution in [3.8, 4) is 0 Å². The van der Waals surface area contributed by atoms with Crippen molar-refractivity contribution in [1.29, 1.82) is 0 Å². The van der Waals surface area contributed by atoms with Gasteiger partial charge in [-0.15, -0.1) is 0 Å². The van der Waals surface area contributed by atoms with Gasteiger partial charge in [0.1, 0.15) is 5.78 Å². The third-order valence-electron chi connectivity index (χ3n) is 4.25. The molecule has 13 heavy (non-hydrogen) atoms. The molecule has 0 spiro atoms. The Morgan fingerprint density at radius 2 is 2.23 bits per heavy atom. The molecular weight excluding hydrogens is 164 g/mol. The van der Waals surface area contributed by atoms with Crippen molar-refractivity contribution in [2.45, 2.75) is 32.3 Å². The maximum Gasteiger partial charge on any atom is 0.141 e. The summed E-state index contributed by atoms with van der Waals surface area (Å²) in [5, 5.41) is 0. The number of hydrogen-bond donors (Lipinski definition) is 0. The number of ether oxygens (including phenoxy) is 1. The minimum Gasteiger partial charge on any atom is -0.377 e. The summed E-state index contributed by atoms with van der Waals surface area (Å²) in [7, 11) is 0. The van der Waals surface area contributed by atoms with E-state index in [9.17, 15) is 4.79 Å². The van der Waals surface area contributed by atoms with Gasteiger partial charge in [-0.1, -0.05) is 0 Å². The molecule has 0 N–H and O–H groups in total. The van der Waals surface area contributed by atoms with E-state index in [1.54, 1.807) is 0 Å². The highest BCUT2D eigenvalue weighted by molar-refractivity contribution is 5.86. The Balaban J connectivity index is 1.89. The van der Waals surface area contributed by atoms with Crippen LogP contribution in [0.3, 0.4) is 0 Å². The van der Waals surface area contributed by atoms with Gasteiger partial charge in [-0.3, -0.25) is 4.79 Å². The van der Waals surface area contributed by atoms with E-state index in [0.717, 1.165) is 31.3 Å². The van der Waals surface area contributed by atoms with Gasteiger partial charge < -0.3 is 4.74 Å². The summed E-state index contributed by atoms with van der Waals surface area (Å²) in [6.45, 7) is 2.80. The highest BCUT2D eigenvalue weighted by Gasteiger charge is 2.58. The lowest BCUT2D eigenvalue weighted by molar-refractivity contribution is -0.136. The van der Waals surface area contributed by atoms with Crippen LogP contribution in [0.5, 0.6) is 0 Å². The number of Topliss-reactive ketones (excluding diaryl/α,β-unsaturated/α-hetero) is 1. The van der Waals surface area contributed by atoms with E-state index in [1.807, 2.05) is 6.92 Å². The van der Waals surface area contributed by atoms with E-state index in [0.29, 0.717) is 17.8 Å². The summed E-state index contributed by atoms with van der Waals surface area (Å²) in [4.78, 5) is 11.8. The largest absolute Gasteiger partial charge is 0.377 e. The predicted octanol–water partition coefficient (Wildman–Crippen LogP) is 1.64. The number of ketones is 1. The van der Waals surface area contributed by atoms with Crippen molar-refractivity contribution >= 4 is 5.78 Å². The smallest absolute Gasteiger partial charge is 0.141 e. The second-order valence-electron chi connectivity index (χ2n) is 4.76. The van der Waals surface area contributed by atoms with Crippen LogP contribution in [-0.2, 0) is 9.53 Å². The first-order chi connectivity index (χ1) is 6.31. The molecule has 4 rings (SSSR count). The number of hydrogen-bond acceptors (Lipinski definition) is 2. The van der Waals surface area contributed by atoms with Gasteiger partial charge in [-0.05, 0) is 38.0 Å². The van der Waals surface area contributed by atoms with Crippen LogP contribution in [-0.4, -0.2) is 18.5 Å². The Labute approximate surface area is 78.6 Å². The number of rotatable bonds is 2. The summed E-state index contributed by atoms with van der Waals surface area (Å²) in [5.74, 6) is 2.77. The van der Waals surface area contributed by atoms with Crippen molar-refractivity contribution < 1.29 is 9.53 Å². The fraction of sp³-hybridized carbons (Fsp3) is 0.909. The molecule has 5 unspecified atom stereocenters. The molecule has 0 aromatic carbocycles. The van der Waals surface area contributed by atoms with Crippen LogP contribution in [0.15, 0.2) is 0 Å². The lowest BCUT2D eigenvalue weighted by atomic mass is 9.79. The predicted molar refractivity (Wildman–Crippen MR) is 48.2 cm³/mol. The first kappa shape index (κ1) is 7.98. The zero-order valence-electron chi connectivity index (χ0n) is 8.03. The minimum absolute atomic E-state index is 0.280. The van der Waals surface area contributed by atoms with Crippen molar-refractivity contribution in [3.63, 3.8) is 0 Å². The van der Waals surface area contributed by atoms with Gasteiger partial charge in [-0.25, -0.2) is 0 Å². The standard InChI is InChI=1S/C11H16O2/c1-2-13-11-8-5-7-3-6(8)4-9(11)10(7)12/h6-9,11H,2-5H2,1H3. The molecule has 0 radical (unpaired) electrons. The van der Waals surface area contributed by atoms with Gasteiger partial charge in [-0.2, -0.15) is 0 Å². The van der Waals surface area contributed by atoms with Gasteiger partial charge >= 0.3 is 0 Å². The minimum atomic E-state index is 0.280. The Bertz CT molecular complexity index is 248. The maximum absolute atomic E-state index is 11.8. The molecule has 2 heteroatoms. The van der Waals surface area contributed by atoms with Gasteiger partial charge in [0.15, 0.2) is 0 Å². The summed E-state index contributed by atoms with van der Waals surface area (Å²) in [6, 6.07) is 0. The molecule has 72 valence electrons. The molecule has 0 aliphatic heterocycles. The van der Waals surface area contributed by atoms with Crippen LogP contribution < -0.4 is 0 Å². The molecule has 0 aromatic rings. The molecule has 4 saturated carbocycles. The lowest BCUT2D eigenvalue weighted by Gasteiger charge is -2.30. The fourth-order valence-corrected chi connectivity index (χ4v) is 3.83. The van der Waals surface area contributed by atoms with E-state index in [2.05, 4.69) is 0 Å². The molecule has 4 bridgehead atoms. The van der Waals surface area contributed by atoms with Gasteiger partial charge in [0, 0.05) is 18.4 Å². The van der Waals surface area contributed by atoms with Crippen molar-refractivity contribution in [2.24, 2.45) is 23.7 Å². The average molecular weight is 180 g/mol. The lowest BCUT2D eigenvalue weighted by Crippen LogP contribution is -2.38. The Hall–Kier alpha value is -0.370. The first-order valence-corrected chi connectivity index (χ1v) is 5.46. The van der Waals surface area contributed by atoms with Crippen LogP contribution in [0.1, 0.15) is 26.2 Å². The van der Waals surface area contributed by atoms with E-state index in [-0.39, 0.29) is 5.92 Å². The summed E-state index contributed by atoms with van der Waals surface area (Å²) < 4.78 is 5.72. The maximum atomic E-state index is 11.8. The van der Waals surface area contributed by atoms with Crippen LogP contribution in [0, 0.1) is 23.7 Å². The molecule has 5 atom stereocenters. The molecule has 0 amide bonds. The Morgan fingerprint density at radius 1 is 1.38 bits per heavy atom. The number of carbonyl (C=O) groups is 1. The molecule has 0 saturated heterocycles. The zero-order chi connectivity index (χ0) is 9.00. The Morgan fingerprint density at radius 3 is 3.00 bits per heavy atom. The topological polar surface area (TPSA) is 26.3 Å². The Kier molecular flexibility index (Phi) is 1.58. The second kappa shape index (κ2) is 2.57. The molecular formula is C11H16O2. The van der Waals surface area contributed by atoms with Crippen molar-refractivity contribution in [3.05, 3.63) is 0 Å². The van der Waals surface area contributed by atoms with E-state index in [4.69, 9.17) is 4.74 Å². The quantitative estimate of drug-likeness (QED) is 0.645. The van der Waals surface area contributed by atoms with E-state index >= 15 is 0 Å². The van der Waals surface area contributed by atoms with Crippen LogP contribution in [0.25, 0.3) is 0 Å². The summed E-state index contributed by atoms with van der Waals surface area (Å²) >= 11 is 0. The van der Waals surface area contributed by atoms with Crippen LogP contribution in [0.4, 0.5) is 0 Å². The normalized spacial score (nSPS) is 52.1. The van der Waals surface area contributed by atoms with Crippen LogP contribution >= 0.6 is 0 Å². The molecule has 4 aliphatic rings. The summed E-state index contributed by atoms with van der Waals surface area (Å²) in [6.07, 6.45) is 3.72.